The van der Waals surface area contributed by atoms with E-state index in [1.807, 2.05) is 45.6 Å². The number of carbonyl (C=O) groups excluding carboxylic acids is 2. The van der Waals surface area contributed by atoms with Gasteiger partial charge in [0.05, 0.1) is 12.1 Å². The Morgan fingerprint density at radius 1 is 1.00 bits per heavy atom. The molecular weight excluding hydrogens is 577 g/mol. The number of amides is 2. The lowest BCUT2D eigenvalue weighted by atomic mass is 9.98. The fourth-order valence-corrected chi connectivity index (χ4v) is 5.77. The Bertz CT molecular complexity index is 1080. The molecule has 196 valence electrons. The summed E-state index contributed by atoms with van der Waals surface area (Å²) in [6, 6.07) is 8.23. The van der Waals surface area contributed by atoms with Crippen molar-refractivity contribution < 1.29 is 23.1 Å². The first kappa shape index (κ1) is 28.5. The molecule has 0 aromatic heterocycles. The molecule has 2 aromatic carbocycles. The van der Waals surface area contributed by atoms with Crippen LogP contribution in [-0.4, -0.2) is 57.0 Å². The Hall–Kier alpha value is -2.07. The van der Waals surface area contributed by atoms with Crippen molar-refractivity contribution >= 4 is 34.4 Å². The van der Waals surface area contributed by atoms with Crippen molar-refractivity contribution in [3.63, 3.8) is 0 Å². The third-order valence-corrected chi connectivity index (χ3v) is 7.23. The lowest BCUT2D eigenvalue weighted by Gasteiger charge is -2.34. The van der Waals surface area contributed by atoms with Gasteiger partial charge in [-0.1, -0.05) is 36.4 Å². The molecule has 0 unspecified atom stereocenters. The molecule has 36 heavy (non-hydrogen) atoms. The van der Waals surface area contributed by atoms with Crippen molar-refractivity contribution in [2.75, 3.05) is 17.5 Å². The van der Waals surface area contributed by atoms with Gasteiger partial charge in [0.1, 0.15) is 17.4 Å². The normalized spacial score (nSPS) is 18.9. The number of benzene rings is 2. The number of aryl methyl sites for hydroxylation is 1. The maximum absolute atomic E-state index is 14.0. The molecule has 1 aliphatic rings. The Morgan fingerprint density at radius 3 is 2.14 bits per heavy atom. The molecule has 0 N–H and O–H groups in total. The summed E-state index contributed by atoms with van der Waals surface area (Å²) in [7, 11) is 0. The first-order valence-electron chi connectivity index (χ1n) is 12.4. The van der Waals surface area contributed by atoms with Gasteiger partial charge in [0.15, 0.2) is 0 Å². The second-order valence-electron chi connectivity index (χ2n) is 9.86. The highest BCUT2D eigenvalue weighted by Crippen LogP contribution is 2.36. The van der Waals surface area contributed by atoms with Crippen LogP contribution in [0.2, 0.25) is 0 Å². The van der Waals surface area contributed by atoms with E-state index in [0.717, 1.165) is 24.5 Å². The van der Waals surface area contributed by atoms with Gasteiger partial charge in [-0.05, 0) is 81.5 Å². The van der Waals surface area contributed by atoms with Crippen LogP contribution in [0.3, 0.4) is 0 Å². The first-order valence-corrected chi connectivity index (χ1v) is 14.0. The van der Waals surface area contributed by atoms with Crippen LogP contribution in [0.1, 0.15) is 72.4 Å². The van der Waals surface area contributed by atoms with Crippen LogP contribution in [0.4, 0.5) is 8.78 Å². The summed E-state index contributed by atoms with van der Waals surface area (Å²) in [5.74, 6) is -1.68. The highest BCUT2D eigenvalue weighted by Gasteiger charge is 2.49. The van der Waals surface area contributed by atoms with Crippen LogP contribution < -0.4 is 0 Å². The third-order valence-electron chi connectivity index (χ3n) is 6.36. The number of nitrogens with zero attached hydrogens (tertiary/aromatic N) is 2. The molecular formula is C28H35F2IN2O3. The molecule has 2 aromatic rings. The van der Waals surface area contributed by atoms with E-state index in [2.05, 4.69) is 22.6 Å². The smallest absolute Gasteiger partial charge is 0.256 e. The molecule has 0 bridgehead atoms. The Labute approximate surface area is 226 Å². The third kappa shape index (κ3) is 6.43. The Balaban J connectivity index is 1.99. The molecule has 0 radical (unpaired) electrons. The van der Waals surface area contributed by atoms with Gasteiger partial charge < -0.3 is 14.5 Å². The molecule has 2 atom stereocenters. The second-order valence-corrected chi connectivity index (χ2v) is 10.7. The van der Waals surface area contributed by atoms with Gasteiger partial charge in [0, 0.05) is 34.7 Å². The zero-order chi connectivity index (χ0) is 26.6. The number of ether oxygens (including phenoxy) is 1. The molecule has 0 spiro atoms. The number of halogens is 3. The summed E-state index contributed by atoms with van der Waals surface area (Å²) < 4.78 is 34.7. The van der Waals surface area contributed by atoms with Crippen molar-refractivity contribution in [2.45, 2.75) is 71.8 Å². The van der Waals surface area contributed by atoms with Gasteiger partial charge in [-0.3, -0.25) is 9.59 Å². The largest absolute Gasteiger partial charge is 0.350 e. The SMILES string of the molecule is CCCN(CCC)C(=O)c1cc(C)cc(C(=O)N2[C@@H](Cc3cc(F)cc(F)c3)[C@@H](CI)OC2(C)C)c1. The molecule has 0 saturated carbocycles. The fraction of sp³-hybridized carbons (Fsp3) is 0.500. The van der Waals surface area contributed by atoms with E-state index in [0.29, 0.717) is 34.2 Å². The van der Waals surface area contributed by atoms with E-state index in [-0.39, 0.29) is 24.3 Å². The molecule has 1 heterocycles. The van der Waals surface area contributed by atoms with Crippen LogP contribution in [0, 0.1) is 18.6 Å². The maximum atomic E-state index is 14.0. The Kier molecular flexibility index (Phi) is 9.49. The lowest BCUT2D eigenvalue weighted by Crippen LogP contribution is -2.49. The van der Waals surface area contributed by atoms with Gasteiger partial charge >= 0.3 is 0 Å². The van der Waals surface area contributed by atoms with E-state index < -0.39 is 23.4 Å². The van der Waals surface area contributed by atoms with E-state index in [4.69, 9.17) is 4.74 Å². The van der Waals surface area contributed by atoms with E-state index in [9.17, 15) is 18.4 Å². The number of carbonyl (C=O) groups is 2. The van der Waals surface area contributed by atoms with Crippen LogP contribution in [-0.2, 0) is 11.2 Å². The minimum atomic E-state index is -0.937. The number of alkyl halides is 1. The molecule has 1 aliphatic heterocycles. The van der Waals surface area contributed by atoms with Crippen molar-refractivity contribution in [2.24, 2.45) is 0 Å². The lowest BCUT2D eigenvalue weighted by molar-refractivity contribution is -0.0583. The topological polar surface area (TPSA) is 49.9 Å². The van der Waals surface area contributed by atoms with Crippen molar-refractivity contribution in [1.82, 2.24) is 9.80 Å². The molecule has 0 aliphatic carbocycles. The van der Waals surface area contributed by atoms with Crippen molar-refractivity contribution in [3.05, 3.63) is 70.3 Å². The van der Waals surface area contributed by atoms with E-state index in [1.165, 1.54) is 12.1 Å². The maximum Gasteiger partial charge on any atom is 0.256 e. The minimum Gasteiger partial charge on any atom is -0.350 e. The van der Waals surface area contributed by atoms with Crippen molar-refractivity contribution in [3.8, 4) is 0 Å². The van der Waals surface area contributed by atoms with Crippen LogP contribution in [0.15, 0.2) is 36.4 Å². The average Bonchev–Trinajstić information content (AvgIpc) is 3.06. The van der Waals surface area contributed by atoms with E-state index >= 15 is 0 Å². The summed E-state index contributed by atoms with van der Waals surface area (Å²) in [6.45, 7) is 10.9. The first-order chi connectivity index (χ1) is 17.0. The average molecular weight is 612 g/mol. The van der Waals surface area contributed by atoms with E-state index in [1.54, 1.807) is 17.0 Å². The van der Waals surface area contributed by atoms with Crippen molar-refractivity contribution in [1.29, 1.82) is 0 Å². The standard InChI is InChI=1S/C28H35F2IN2O3/c1-6-8-32(9-7-2)26(34)20-10-18(3)11-21(15-20)27(35)33-24(25(17-31)36-28(33,4)5)14-19-12-22(29)16-23(30)13-19/h10-13,15-16,24-25H,6-9,14,17H2,1-5H3/t24-,25+/m0/s1. The molecule has 1 fully saturated rings. The van der Waals surface area contributed by atoms with Crippen LogP contribution >= 0.6 is 22.6 Å². The fourth-order valence-electron chi connectivity index (χ4n) is 5.00. The summed E-state index contributed by atoms with van der Waals surface area (Å²) in [5.41, 5.74) is 1.21. The summed E-state index contributed by atoms with van der Waals surface area (Å²) in [5, 5.41) is 0. The predicted octanol–water partition coefficient (Wildman–Crippen LogP) is 6.16. The monoisotopic (exact) mass is 612 g/mol. The summed E-state index contributed by atoms with van der Waals surface area (Å²) in [4.78, 5) is 30.7. The van der Waals surface area contributed by atoms with Gasteiger partial charge in [0.25, 0.3) is 11.8 Å². The highest BCUT2D eigenvalue weighted by atomic mass is 127. The molecule has 2 amide bonds. The van der Waals surface area contributed by atoms with Crippen LogP contribution in [0.5, 0.6) is 0 Å². The quantitative estimate of drug-likeness (QED) is 0.252. The number of rotatable bonds is 9. The minimum absolute atomic E-state index is 0.0923. The Morgan fingerprint density at radius 2 is 1.58 bits per heavy atom. The summed E-state index contributed by atoms with van der Waals surface area (Å²) >= 11 is 2.21. The zero-order valence-corrected chi connectivity index (χ0v) is 23.8. The molecule has 8 heteroatoms. The zero-order valence-electron chi connectivity index (χ0n) is 21.6. The predicted molar refractivity (Wildman–Crippen MR) is 146 cm³/mol. The number of hydrogen-bond acceptors (Lipinski definition) is 3. The molecule has 5 nitrogen and oxygen atoms in total. The molecule has 1 saturated heterocycles. The van der Waals surface area contributed by atoms with Gasteiger partial charge in [0.2, 0.25) is 0 Å². The van der Waals surface area contributed by atoms with Gasteiger partial charge in [-0.15, -0.1) is 0 Å². The van der Waals surface area contributed by atoms with Gasteiger partial charge in [-0.25, -0.2) is 8.78 Å². The summed E-state index contributed by atoms with van der Waals surface area (Å²) in [6.07, 6.45) is 1.63. The second kappa shape index (κ2) is 12.0. The van der Waals surface area contributed by atoms with Crippen LogP contribution in [0.25, 0.3) is 0 Å². The molecule has 3 rings (SSSR count). The number of hydrogen-bond donors (Lipinski definition) is 0. The van der Waals surface area contributed by atoms with Gasteiger partial charge in [-0.2, -0.15) is 0 Å². The highest BCUT2D eigenvalue weighted by molar-refractivity contribution is 14.1.